The highest BCUT2D eigenvalue weighted by Crippen LogP contribution is 2.33. The van der Waals surface area contributed by atoms with Crippen LogP contribution in [0, 0.1) is 11.8 Å². The lowest BCUT2D eigenvalue weighted by atomic mass is 9.79. The predicted octanol–water partition coefficient (Wildman–Crippen LogP) is 5.13. The number of nitrogens with zero attached hydrogens (tertiary/aromatic N) is 1. The van der Waals surface area contributed by atoms with Crippen LogP contribution in [0.25, 0.3) is 17.2 Å². The summed E-state index contributed by atoms with van der Waals surface area (Å²) in [6, 6.07) is 19.5. The summed E-state index contributed by atoms with van der Waals surface area (Å²) < 4.78 is 0. The van der Waals surface area contributed by atoms with E-state index in [9.17, 15) is 0 Å². The van der Waals surface area contributed by atoms with Crippen molar-refractivity contribution in [3.05, 3.63) is 66.2 Å². The van der Waals surface area contributed by atoms with E-state index in [0.717, 1.165) is 11.8 Å². The molecule has 0 spiro atoms. The number of halogens is 1. The fourth-order valence-electron chi connectivity index (χ4n) is 3.88. The first-order valence-electron chi connectivity index (χ1n) is 8.44. The molecule has 3 heterocycles. The Bertz CT molecular complexity index is 639. The van der Waals surface area contributed by atoms with Gasteiger partial charge in [-0.15, -0.1) is 12.4 Å². The van der Waals surface area contributed by atoms with Gasteiger partial charge in [-0.05, 0) is 54.5 Å². The molecule has 2 bridgehead atoms. The van der Waals surface area contributed by atoms with Gasteiger partial charge in [0.05, 0.1) is 0 Å². The zero-order valence-corrected chi connectivity index (χ0v) is 14.2. The highest BCUT2D eigenvalue weighted by molar-refractivity contribution is 5.85. The molecule has 0 amide bonds. The summed E-state index contributed by atoms with van der Waals surface area (Å²) in [5.41, 5.74) is 3.90. The van der Waals surface area contributed by atoms with Gasteiger partial charge in [0.2, 0.25) is 0 Å². The molecule has 3 aliphatic heterocycles. The van der Waals surface area contributed by atoms with E-state index in [4.69, 9.17) is 0 Å². The van der Waals surface area contributed by atoms with Gasteiger partial charge < -0.3 is 4.90 Å². The lowest BCUT2D eigenvalue weighted by molar-refractivity contribution is 0.0740. The van der Waals surface area contributed by atoms with Crippen LogP contribution >= 0.6 is 12.4 Å². The molecule has 23 heavy (non-hydrogen) atoms. The van der Waals surface area contributed by atoms with Crippen molar-refractivity contribution < 1.29 is 0 Å². The fourth-order valence-corrected chi connectivity index (χ4v) is 3.88. The molecule has 3 saturated heterocycles. The number of hydrogen-bond acceptors (Lipinski definition) is 1. The SMILES string of the molecule is C(=CC1CN2CCC1CC2)c1ccc(-c2ccccc2)cc1.Cl. The summed E-state index contributed by atoms with van der Waals surface area (Å²) in [6.45, 7) is 3.91. The molecule has 1 nitrogen and oxygen atoms in total. The number of fused-ring (bicyclic) bond motifs is 3. The molecule has 2 aromatic carbocycles. The Morgan fingerprint density at radius 2 is 1.48 bits per heavy atom. The van der Waals surface area contributed by atoms with E-state index in [2.05, 4.69) is 71.6 Å². The van der Waals surface area contributed by atoms with Crippen LogP contribution in [0.1, 0.15) is 18.4 Å². The lowest BCUT2D eigenvalue weighted by Gasteiger charge is -2.43. The average molecular weight is 326 g/mol. The minimum atomic E-state index is 0. The largest absolute Gasteiger partial charge is 0.303 e. The van der Waals surface area contributed by atoms with Crippen molar-refractivity contribution in [1.29, 1.82) is 0 Å². The Morgan fingerprint density at radius 3 is 2.09 bits per heavy atom. The predicted molar refractivity (Wildman–Crippen MR) is 101 cm³/mol. The molecule has 0 saturated carbocycles. The van der Waals surface area contributed by atoms with Crippen molar-refractivity contribution in [2.24, 2.45) is 11.8 Å². The molecule has 5 rings (SSSR count). The summed E-state index contributed by atoms with van der Waals surface area (Å²) in [4.78, 5) is 2.62. The number of piperidine rings is 3. The monoisotopic (exact) mass is 325 g/mol. The molecular formula is C21H24ClN. The second-order valence-electron chi connectivity index (χ2n) is 6.65. The van der Waals surface area contributed by atoms with E-state index in [-0.39, 0.29) is 12.4 Å². The van der Waals surface area contributed by atoms with Gasteiger partial charge in [-0.1, -0.05) is 66.7 Å². The van der Waals surface area contributed by atoms with Crippen molar-refractivity contribution in [1.82, 2.24) is 4.90 Å². The second-order valence-corrected chi connectivity index (χ2v) is 6.65. The summed E-state index contributed by atoms with van der Waals surface area (Å²) in [5.74, 6) is 1.68. The van der Waals surface area contributed by atoms with E-state index >= 15 is 0 Å². The Kier molecular flexibility index (Phi) is 5.20. The molecule has 3 fully saturated rings. The smallest absolute Gasteiger partial charge is 0.00471 e. The van der Waals surface area contributed by atoms with Crippen LogP contribution in [0.4, 0.5) is 0 Å². The van der Waals surface area contributed by atoms with Crippen molar-refractivity contribution in [2.45, 2.75) is 12.8 Å². The van der Waals surface area contributed by atoms with Crippen LogP contribution in [-0.2, 0) is 0 Å². The minimum absolute atomic E-state index is 0. The molecule has 2 aromatic rings. The summed E-state index contributed by atoms with van der Waals surface area (Å²) in [6.07, 6.45) is 7.55. The third-order valence-corrected chi connectivity index (χ3v) is 5.26. The Balaban J connectivity index is 0.00000156. The van der Waals surface area contributed by atoms with E-state index in [1.54, 1.807) is 0 Å². The summed E-state index contributed by atoms with van der Waals surface area (Å²) in [5, 5.41) is 0. The normalized spacial score (nSPS) is 26.2. The molecular weight excluding hydrogens is 302 g/mol. The highest BCUT2D eigenvalue weighted by Gasteiger charge is 2.32. The number of rotatable bonds is 3. The van der Waals surface area contributed by atoms with E-state index in [1.807, 2.05) is 0 Å². The molecule has 0 radical (unpaired) electrons. The average Bonchev–Trinajstić information content (AvgIpc) is 2.62. The Morgan fingerprint density at radius 1 is 0.826 bits per heavy atom. The van der Waals surface area contributed by atoms with E-state index in [1.165, 1.54) is 49.2 Å². The minimum Gasteiger partial charge on any atom is -0.303 e. The molecule has 0 aliphatic carbocycles. The first-order chi connectivity index (χ1) is 10.9. The van der Waals surface area contributed by atoms with Gasteiger partial charge in [-0.2, -0.15) is 0 Å². The lowest BCUT2D eigenvalue weighted by Crippen LogP contribution is -2.46. The van der Waals surface area contributed by atoms with Gasteiger partial charge in [-0.25, -0.2) is 0 Å². The Hall–Kier alpha value is -1.57. The van der Waals surface area contributed by atoms with Gasteiger partial charge >= 0.3 is 0 Å². The summed E-state index contributed by atoms with van der Waals surface area (Å²) >= 11 is 0. The molecule has 0 N–H and O–H groups in total. The van der Waals surface area contributed by atoms with Crippen molar-refractivity contribution >= 4 is 18.5 Å². The molecule has 120 valence electrons. The maximum absolute atomic E-state index is 2.62. The highest BCUT2D eigenvalue weighted by atomic mass is 35.5. The van der Waals surface area contributed by atoms with Crippen LogP contribution in [0.2, 0.25) is 0 Å². The Labute approximate surface area is 145 Å². The van der Waals surface area contributed by atoms with Gasteiger partial charge in [0.15, 0.2) is 0 Å². The van der Waals surface area contributed by atoms with Crippen LogP contribution in [0.15, 0.2) is 60.7 Å². The van der Waals surface area contributed by atoms with Crippen LogP contribution in [-0.4, -0.2) is 24.5 Å². The van der Waals surface area contributed by atoms with Crippen molar-refractivity contribution in [3.8, 4) is 11.1 Å². The second kappa shape index (κ2) is 7.33. The van der Waals surface area contributed by atoms with E-state index in [0.29, 0.717) is 0 Å². The van der Waals surface area contributed by atoms with Gasteiger partial charge in [0.25, 0.3) is 0 Å². The quantitative estimate of drug-likeness (QED) is 0.756. The summed E-state index contributed by atoms with van der Waals surface area (Å²) in [7, 11) is 0. The third kappa shape index (κ3) is 3.68. The van der Waals surface area contributed by atoms with Gasteiger partial charge in [0, 0.05) is 6.54 Å². The first-order valence-corrected chi connectivity index (χ1v) is 8.44. The maximum Gasteiger partial charge on any atom is 0.00471 e. The molecule has 0 aromatic heterocycles. The molecule has 1 unspecified atom stereocenters. The number of hydrogen-bond donors (Lipinski definition) is 0. The van der Waals surface area contributed by atoms with Gasteiger partial charge in [-0.3, -0.25) is 0 Å². The molecule has 3 aliphatic rings. The van der Waals surface area contributed by atoms with Crippen molar-refractivity contribution in [3.63, 3.8) is 0 Å². The third-order valence-electron chi connectivity index (χ3n) is 5.26. The van der Waals surface area contributed by atoms with Gasteiger partial charge in [0.1, 0.15) is 0 Å². The maximum atomic E-state index is 2.62. The fraction of sp³-hybridized carbons (Fsp3) is 0.333. The standard InChI is InChI=1S/C21H23N.ClH/c1-2-4-18(5-3-1)19-9-6-17(7-10-19)8-11-21-16-22-14-12-20(21)13-15-22;/h1-11,20-21H,12-16H2;1H. The van der Waals surface area contributed by atoms with Crippen LogP contribution < -0.4 is 0 Å². The topological polar surface area (TPSA) is 3.24 Å². The molecule has 1 atom stereocenters. The number of benzene rings is 2. The van der Waals surface area contributed by atoms with Crippen molar-refractivity contribution in [2.75, 3.05) is 19.6 Å². The zero-order chi connectivity index (χ0) is 14.8. The van der Waals surface area contributed by atoms with E-state index < -0.39 is 0 Å². The van der Waals surface area contributed by atoms with Crippen LogP contribution in [0.5, 0.6) is 0 Å². The first kappa shape index (κ1) is 16.3. The van der Waals surface area contributed by atoms with Crippen LogP contribution in [0.3, 0.4) is 0 Å². The zero-order valence-electron chi connectivity index (χ0n) is 13.4. The molecule has 2 heteroatoms.